The van der Waals surface area contributed by atoms with Crippen molar-refractivity contribution >= 4 is 11.8 Å². The number of alkyl halides is 2. The van der Waals surface area contributed by atoms with Gasteiger partial charge >= 0.3 is 0 Å². The van der Waals surface area contributed by atoms with Crippen LogP contribution in [-0.4, -0.2) is 40.6 Å². The summed E-state index contributed by atoms with van der Waals surface area (Å²) in [6.45, 7) is -1.46. The minimum Gasteiger partial charge on any atom is -0.481 e. The van der Waals surface area contributed by atoms with Crippen LogP contribution in [0.3, 0.4) is 0 Å². The van der Waals surface area contributed by atoms with Crippen LogP contribution in [0, 0.1) is 24.5 Å². The lowest BCUT2D eigenvalue weighted by atomic mass is 10.1. The average molecular weight is 507 g/mol. The number of aromatic nitrogens is 3. The van der Waals surface area contributed by atoms with Crippen molar-refractivity contribution < 1.29 is 31.8 Å². The molecule has 0 atom stereocenters. The van der Waals surface area contributed by atoms with Crippen LogP contribution in [0.5, 0.6) is 5.88 Å². The summed E-state index contributed by atoms with van der Waals surface area (Å²) in [6.07, 6.45) is 10.5. The van der Waals surface area contributed by atoms with Gasteiger partial charge in [-0.2, -0.15) is 5.10 Å². The van der Waals surface area contributed by atoms with Crippen molar-refractivity contribution in [2.24, 2.45) is 17.8 Å². The van der Waals surface area contributed by atoms with Crippen LogP contribution in [0.25, 0.3) is 0 Å². The second-order valence-electron chi connectivity index (χ2n) is 6.73. The number of carbonyl (C=O) groups excluding carboxylic acids is 1. The maximum atomic E-state index is 13.8. The van der Waals surface area contributed by atoms with Gasteiger partial charge in [-0.05, 0) is 23.3 Å². The predicted molar refractivity (Wildman–Crippen MR) is 125 cm³/mol. The SMILES string of the molecule is C#C.COC(=NCc1ccc(F)c(CC(N)=O)c1)c1cnn(C)c1COc1ccc(F)cn1.FCF. The molecule has 8 nitrogen and oxygen atoms in total. The maximum absolute atomic E-state index is 13.8. The number of hydrogen-bond acceptors (Lipinski definition) is 6. The third-order valence-electron chi connectivity index (χ3n) is 4.42. The maximum Gasteiger partial charge on any atom is 0.229 e. The van der Waals surface area contributed by atoms with Gasteiger partial charge in [0.05, 0.1) is 43.7 Å². The normalized spacial score (nSPS) is 10.4. The minimum absolute atomic E-state index is 0.103. The number of nitrogens with two attached hydrogens (primary N) is 1. The molecule has 0 fully saturated rings. The number of aliphatic imine (C=N–C) groups is 1. The van der Waals surface area contributed by atoms with Gasteiger partial charge in [0.2, 0.25) is 24.6 Å². The Kier molecular flexibility index (Phi) is 12.8. The Balaban J connectivity index is 0.00000120. The summed E-state index contributed by atoms with van der Waals surface area (Å²) >= 11 is 0. The highest BCUT2D eigenvalue weighted by atomic mass is 19.3. The molecule has 2 heterocycles. The summed E-state index contributed by atoms with van der Waals surface area (Å²) < 4.78 is 58.7. The Morgan fingerprint density at radius 1 is 1.17 bits per heavy atom. The summed E-state index contributed by atoms with van der Waals surface area (Å²) in [7, 11) is 3.21. The number of carbonyl (C=O) groups is 1. The van der Waals surface area contributed by atoms with E-state index >= 15 is 0 Å². The van der Waals surface area contributed by atoms with E-state index in [1.165, 1.54) is 25.3 Å². The van der Waals surface area contributed by atoms with E-state index in [0.717, 1.165) is 6.20 Å². The zero-order valence-electron chi connectivity index (χ0n) is 19.6. The highest BCUT2D eigenvalue weighted by Gasteiger charge is 2.16. The van der Waals surface area contributed by atoms with Crippen LogP contribution >= 0.6 is 0 Å². The van der Waals surface area contributed by atoms with Crippen molar-refractivity contribution in [3.05, 3.63) is 76.7 Å². The van der Waals surface area contributed by atoms with Gasteiger partial charge in [-0.1, -0.05) is 12.1 Å². The van der Waals surface area contributed by atoms with E-state index in [0.29, 0.717) is 22.7 Å². The van der Waals surface area contributed by atoms with Gasteiger partial charge in [0.25, 0.3) is 0 Å². The summed E-state index contributed by atoms with van der Waals surface area (Å²) in [6, 6.07) is 7.07. The van der Waals surface area contributed by atoms with Crippen LogP contribution in [0.2, 0.25) is 0 Å². The molecule has 2 N–H and O–H groups in total. The minimum atomic E-state index is -1.75. The zero-order chi connectivity index (χ0) is 27.1. The third kappa shape index (κ3) is 9.09. The molecule has 0 saturated carbocycles. The number of amides is 1. The summed E-state index contributed by atoms with van der Waals surface area (Å²) in [5.41, 5.74) is 7.33. The number of nitrogens with zero attached hydrogens (tertiary/aromatic N) is 4. The van der Waals surface area contributed by atoms with Gasteiger partial charge in [0.1, 0.15) is 18.2 Å². The molecule has 2 aromatic heterocycles. The predicted octanol–water partition coefficient (Wildman–Crippen LogP) is 3.43. The fourth-order valence-electron chi connectivity index (χ4n) is 2.87. The Labute approximate surface area is 205 Å². The molecule has 1 aromatic carbocycles. The van der Waals surface area contributed by atoms with Gasteiger partial charge in [-0.3, -0.25) is 9.48 Å². The number of halogens is 4. The molecule has 3 rings (SSSR count). The number of pyridine rings is 1. The molecule has 192 valence electrons. The molecular weight excluding hydrogens is 482 g/mol. The quantitative estimate of drug-likeness (QED) is 0.218. The Morgan fingerprint density at radius 3 is 2.44 bits per heavy atom. The number of terminal acetylenes is 1. The molecule has 0 unspecified atom stereocenters. The Bertz CT molecular complexity index is 1160. The number of benzene rings is 1. The molecule has 0 radical (unpaired) electrons. The molecule has 12 heteroatoms. The number of methoxy groups -OCH3 is 1. The van der Waals surface area contributed by atoms with Crippen molar-refractivity contribution in [2.45, 2.75) is 19.6 Å². The topological polar surface area (TPSA) is 105 Å². The molecule has 0 saturated heterocycles. The largest absolute Gasteiger partial charge is 0.481 e. The Morgan fingerprint density at radius 2 is 1.86 bits per heavy atom. The first-order valence-corrected chi connectivity index (χ1v) is 10.1. The number of ether oxygens (including phenoxy) is 2. The fraction of sp³-hybridized carbons (Fsp3) is 0.250. The highest BCUT2D eigenvalue weighted by molar-refractivity contribution is 5.95. The van der Waals surface area contributed by atoms with Gasteiger partial charge in [0.15, 0.2) is 0 Å². The van der Waals surface area contributed by atoms with E-state index in [2.05, 4.69) is 27.9 Å². The van der Waals surface area contributed by atoms with E-state index in [9.17, 15) is 22.4 Å². The number of rotatable bonds is 8. The Hall–Kier alpha value is -4.40. The molecule has 0 aliphatic carbocycles. The summed E-state index contributed by atoms with van der Waals surface area (Å²) in [5, 5.41) is 4.22. The molecule has 36 heavy (non-hydrogen) atoms. The van der Waals surface area contributed by atoms with Crippen molar-refractivity contribution in [1.29, 1.82) is 0 Å². The van der Waals surface area contributed by atoms with E-state index in [-0.39, 0.29) is 31.0 Å². The lowest BCUT2D eigenvalue weighted by Crippen LogP contribution is -2.15. The van der Waals surface area contributed by atoms with Crippen LogP contribution in [0.15, 0.2) is 47.7 Å². The zero-order valence-corrected chi connectivity index (χ0v) is 19.6. The number of hydrogen-bond donors (Lipinski definition) is 1. The first-order valence-electron chi connectivity index (χ1n) is 10.1. The highest BCUT2D eigenvalue weighted by Crippen LogP contribution is 2.16. The van der Waals surface area contributed by atoms with E-state index in [1.807, 2.05) is 0 Å². The van der Waals surface area contributed by atoms with Crippen LogP contribution < -0.4 is 10.5 Å². The molecule has 0 aliphatic heterocycles. The smallest absolute Gasteiger partial charge is 0.229 e. The average Bonchev–Trinajstić information content (AvgIpc) is 3.22. The van der Waals surface area contributed by atoms with Gasteiger partial charge in [-0.15, -0.1) is 12.8 Å². The van der Waals surface area contributed by atoms with Crippen LogP contribution in [-0.2, 0) is 36.2 Å². The lowest BCUT2D eigenvalue weighted by molar-refractivity contribution is -0.117. The van der Waals surface area contributed by atoms with E-state index < -0.39 is 24.5 Å². The molecular formula is C24H25F4N5O3. The van der Waals surface area contributed by atoms with Crippen molar-refractivity contribution in [3.63, 3.8) is 0 Å². The van der Waals surface area contributed by atoms with Gasteiger partial charge < -0.3 is 15.2 Å². The first-order chi connectivity index (χ1) is 17.3. The molecule has 3 aromatic rings. The number of aryl methyl sites for hydroxylation is 1. The standard InChI is InChI=1S/C21H21F2N5O3.C2H2.CH2F2/c1-28-18(12-31-20-6-4-15(22)10-25-20)16(11-27-28)21(30-2)26-9-13-3-5-17(23)14(7-13)8-19(24)29;1-2;2-1-3/h3-7,10-11H,8-9,12H2,1-2H3,(H2,24,29);1-2H;1H2. The lowest BCUT2D eigenvalue weighted by Gasteiger charge is -2.10. The number of primary amides is 1. The van der Waals surface area contributed by atoms with Gasteiger partial charge in [-0.25, -0.2) is 27.5 Å². The van der Waals surface area contributed by atoms with E-state index in [4.69, 9.17) is 15.2 Å². The second-order valence-corrected chi connectivity index (χ2v) is 6.73. The van der Waals surface area contributed by atoms with Gasteiger partial charge in [0, 0.05) is 13.1 Å². The molecule has 0 bridgehead atoms. The van der Waals surface area contributed by atoms with Crippen molar-refractivity contribution in [1.82, 2.24) is 14.8 Å². The third-order valence-corrected chi connectivity index (χ3v) is 4.42. The fourth-order valence-corrected chi connectivity index (χ4v) is 2.87. The molecule has 0 spiro atoms. The first kappa shape index (κ1) is 29.6. The van der Waals surface area contributed by atoms with Crippen LogP contribution in [0.4, 0.5) is 17.6 Å². The summed E-state index contributed by atoms with van der Waals surface area (Å²) in [4.78, 5) is 19.4. The second kappa shape index (κ2) is 15.5. The molecule has 1 amide bonds. The van der Waals surface area contributed by atoms with Crippen molar-refractivity contribution in [2.75, 3.05) is 14.0 Å². The van der Waals surface area contributed by atoms with E-state index in [1.54, 1.807) is 30.1 Å². The molecule has 0 aliphatic rings. The monoisotopic (exact) mass is 507 g/mol. The van der Waals surface area contributed by atoms with Crippen molar-refractivity contribution in [3.8, 4) is 18.7 Å². The summed E-state index contributed by atoms with van der Waals surface area (Å²) in [5.74, 6) is -1.01. The van der Waals surface area contributed by atoms with Crippen LogP contribution in [0.1, 0.15) is 22.4 Å².